The first-order valence-electron chi connectivity index (χ1n) is 9.21. The number of ether oxygens (including phenoxy) is 2. The summed E-state index contributed by atoms with van der Waals surface area (Å²) in [5.41, 5.74) is -0.231. The fourth-order valence-corrected chi connectivity index (χ4v) is 2.94. The van der Waals surface area contributed by atoms with E-state index in [1.807, 2.05) is 20.8 Å². The molecule has 0 saturated carbocycles. The average Bonchev–Trinajstić information content (AvgIpc) is 2.71. The van der Waals surface area contributed by atoms with Gasteiger partial charge in [0, 0.05) is 17.1 Å². The molecule has 1 aliphatic heterocycles. The van der Waals surface area contributed by atoms with Gasteiger partial charge in [-0.2, -0.15) is 13.2 Å². The van der Waals surface area contributed by atoms with Crippen LogP contribution >= 0.6 is 11.6 Å². The minimum absolute atomic E-state index is 0.0109. The molecular formula is C19H30ClF3N3O6+. The summed E-state index contributed by atoms with van der Waals surface area (Å²) in [6.45, 7) is 5.86. The maximum Gasteiger partial charge on any atom is 0.430 e. The zero-order valence-corrected chi connectivity index (χ0v) is 19.0. The molecule has 1 unspecified atom stereocenters. The average molecular weight is 489 g/mol. The first kappa shape index (κ1) is 30.1. The number of alkyl halides is 3. The van der Waals surface area contributed by atoms with E-state index in [0.717, 1.165) is 6.08 Å². The van der Waals surface area contributed by atoms with Crippen LogP contribution in [0, 0.1) is 0 Å². The number of aliphatic hydroxyl groups is 1. The van der Waals surface area contributed by atoms with Crippen LogP contribution in [-0.2, 0) is 19.8 Å². The van der Waals surface area contributed by atoms with Gasteiger partial charge in [0.1, 0.15) is 5.75 Å². The number of carbonyl (C=O) groups excluding carboxylic acids is 1. The van der Waals surface area contributed by atoms with Crippen molar-refractivity contribution in [2.75, 3.05) is 27.0 Å². The molecule has 0 aromatic heterocycles. The predicted octanol–water partition coefficient (Wildman–Crippen LogP) is 1.55. The highest BCUT2D eigenvalue weighted by Gasteiger charge is 2.49. The molecule has 1 aromatic rings. The van der Waals surface area contributed by atoms with Crippen molar-refractivity contribution in [2.24, 2.45) is 5.90 Å². The second-order valence-electron chi connectivity index (χ2n) is 7.30. The van der Waals surface area contributed by atoms with Gasteiger partial charge in [-0.15, -0.1) is 0 Å². The van der Waals surface area contributed by atoms with Crippen LogP contribution in [0.15, 0.2) is 17.7 Å². The van der Waals surface area contributed by atoms with Crippen molar-refractivity contribution in [3.05, 3.63) is 33.9 Å². The lowest BCUT2D eigenvalue weighted by atomic mass is 9.85. The number of nitrogens with two attached hydrogens (primary N) is 1. The third-order valence-electron chi connectivity index (χ3n) is 3.90. The van der Waals surface area contributed by atoms with Crippen LogP contribution in [0.2, 0.25) is 5.02 Å². The summed E-state index contributed by atoms with van der Waals surface area (Å²) in [5, 5.41) is 17.9. The molecule has 8 N–H and O–H groups in total. The molecule has 1 atom stereocenters. The van der Waals surface area contributed by atoms with Crippen LogP contribution in [0.3, 0.4) is 0 Å². The van der Waals surface area contributed by atoms with Crippen molar-refractivity contribution in [1.82, 2.24) is 5.32 Å². The summed E-state index contributed by atoms with van der Waals surface area (Å²) in [6, 6.07) is 2.91. The van der Waals surface area contributed by atoms with E-state index in [4.69, 9.17) is 32.5 Å². The zero-order valence-electron chi connectivity index (χ0n) is 18.3. The number of aliphatic hydroxyl groups excluding tert-OH is 1. The summed E-state index contributed by atoms with van der Waals surface area (Å²) >= 11 is 6.22. The van der Waals surface area contributed by atoms with E-state index in [0.29, 0.717) is 17.1 Å². The van der Waals surface area contributed by atoms with Crippen LogP contribution in [0.1, 0.15) is 31.9 Å². The Bertz CT molecular complexity index is 768. The van der Waals surface area contributed by atoms with E-state index < -0.39 is 36.0 Å². The summed E-state index contributed by atoms with van der Waals surface area (Å²) < 4.78 is 49.6. The summed E-state index contributed by atoms with van der Waals surface area (Å²) in [5.74, 6) is 5.71. The van der Waals surface area contributed by atoms with Crippen LogP contribution in [0.5, 0.6) is 5.75 Å². The Morgan fingerprint density at radius 2 is 1.91 bits per heavy atom. The van der Waals surface area contributed by atoms with Gasteiger partial charge in [-0.25, -0.2) is 21.8 Å². The zero-order chi connectivity index (χ0) is 25.1. The van der Waals surface area contributed by atoms with Crippen LogP contribution in [0.4, 0.5) is 13.2 Å². The number of halogens is 4. The molecule has 1 aliphatic rings. The molecular weight excluding hydrogens is 459 g/mol. The first-order valence-corrected chi connectivity index (χ1v) is 9.59. The largest absolute Gasteiger partial charge is 0.475 e. The molecule has 2 rings (SSSR count). The van der Waals surface area contributed by atoms with Gasteiger partial charge in [-0.1, -0.05) is 32.4 Å². The van der Waals surface area contributed by atoms with Crippen molar-refractivity contribution >= 4 is 23.6 Å². The Hall–Kier alpha value is -1.93. The monoisotopic (exact) mass is 488 g/mol. The lowest BCUT2D eigenvalue weighted by Crippen LogP contribution is -2.42. The Morgan fingerprint density at radius 3 is 2.31 bits per heavy atom. The van der Waals surface area contributed by atoms with Crippen molar-refractivity contribution in [3.63, 3.8) is 0 Å². The van der Waals surface area contributed by atoms with E-state index in [1.54, 1.807) is 7.05 Å². The van der Waals surface area contributed by atoms with Crippen molar-refractivity contribution in [2.45, 2.75) is 38.5 Å². The van der Waals surface area contributed by atoms with E-state index in [-0.39, 0.29) is 17.9 Å². The highest BCUT2D eigenvalue weighted by Crippen LogP contribution is 2.42. The second kappa shape index (κ2) is 13.6. The number of nitrogens with one attached hydrogen (secondary N) is 1. The number of benzene rings is 1. The van der Waals surface area contributed by atoms with Crippen molar-refractivity contribution < 1.29 is 48.5 Å². The van der Waals surface area contributed by atoms with Gasteiger partial charge in [0.15, 0.2) is 0 Å². The lowest BCUT2D eigenvalue weighted by Gasteiger charge is -2.30. The molecule has 184 valence electrons. The fraction of sp³-hybridized carbons (Fsp3) is 0.526. The first-order chi connectivity index (χ1) is 14.9. The standard InChI is InChI=1S/C16H17ClF3NO4.C3H9NO.H4NO/c1-15(2,3)10-6-12-8(5-11(10)17)4-9(14(22)23-7-24-21)13(25-12)16(18,19)20;1-4-2-3-5;1-2/h4-6,13H,7,21H2,1-3H3;4-5H,2-3H2,1H3;2H,1H3/q;;+1. The smallest absolute Gasteiger partial charge is 0.430 e. The Balaban J connectivity index is 0.00000121. The molecule has 0 amide bonds. The third-order valence-corrected chi connectivity index (χ3v) is 4.21. The van der Waals surface area contributed by atoms with Gasteiger partial charge in [0.05, 0.1) is 12.2 Å². The van der Waals surface area contributed by atoms with E-state index in [2.05, 4.69) is 20.8 Å². The van der Waals surface area contributed by atoms with Gasteiger partial charge >= 0.3 is 12.1 Å². The molecule has 0 fully saturated rings. The van der Waals surface area contributed by atoms with Crippen LogP contribution in [0.25, 0.3) is 6.08 Å². The van der Waals surface area contributed by atoms with Gasteiger partial charge in [0.25, 0.3) is 0 Å². The number of esters is 1. The minimum atomic E-state index is -4.81. The van der Waals surface area contributed by atoms with Crippen LogP contribution in [-0.4, -0.2) is 55.6 Å². The summed E-state index contributed by atoms with van der Waals surface area (Å²) in [4.78, 5) is 15.9. The summed E-state index contributed by atoms with van der Waals surface area (Å²) in [7, 11) is 1.80. The van der Waals surface area contributed by atoms with E-state index in [9.17, 15) is 18.0 Å². The molecule has 9 nitrogen and oxygen atoms in total. The number of fused-ring (bicyclic) bond motifs is 1. The molecule has 0 radical (unpaired) electrons. The molecule has 32 heavy (non-hydrogen) atoms. The molecule has 0 aliphatic carbocycles. The molecule has 1 aromatic carbocycles. The van der Waals surface area contributed by atoms with Crippen molar-refractivity contribution in [3.8, 4) is 5.75 Å². The predicted molar refractivity (Wildman–Crippen MR) is 111 cm³/mol. The highest BCUT2D eigenvalue weighted by molar-refractivity contribution is 6.31. The number of quaternary nitrogens is 1. The number of hydrogen-bond donors (Lipinski definition) is 5. The molecule has 0 bridgehead atoms. The van der Waals surface area contributed by atoms with E-state index in [1.165, 1.54) is 12.1 Å². The molecule has 1 heterocycles. The lowest BCUT2D eigenvalue weighted by molar-refractivity contribution is -0.670. The minimum Gasteiger partial charge on any atom is -0.475 e. The Morgan fingerprint density at radius 1 is 1.31 bits per heavy atom. The second-order valence-corrected chi connectivity index (χ2v) is 7.71. The summed E-state index contributed by atoms with van der Waals surface area (Å²) in [6.07, 6.45) is -6.22. The third kappa shape index (κ3) is 8.90. The Kier molecular flexibility index (Phi) is 12.8. The molecule has 13 heteroatoms. The van der Waals surface area contributed by atoms with Crippen molar-refractivity contribution in [1.29, 1.82) is 0 Å². The van der Waals surface area contributed by atoms with E-state index >= 15 is 0 Å². The number of likely N-dealkylation sites (N-methyl/N-ethyl adjacent to an activating group) is 1. The fourth-order valence-electron chi connectivity index (χ4n) is 2.48. The Labute approximate surface area is 189 Å². The van der Waals surface area contributed by atoms with Crippen LogP contribution < -0.4 is 21.8 Å². The number of hydrogen-bond acceptors (Lipinski definition) is 8. The normalized spacial score (nSPS) is 15.1. The van der Waals surface area contributed by atoms with Gasteiger partial charge in [0.2, 0.25) is 12.9 Å². The molecule has 0 saturated heterocycles. The van der Waals surface area contributed by atoms with Gasteiger partial charge < -0.3 is 19.9 Å². The maximum absolute atomic E-state index is 13.3. The number of carbonyl (C=O) groups is 1. The number of rotatable bonds is 5. The molecule has 0 spiro atoms. The maximum atomic E-state index is 13.3. The van der Waals surface area contributed by atoms with Gasteiger partial charge in [-0.3, -0.25) is 4.84 Å². The highest BCUT2D eigenvalue weighted by atomic mass is 35.5. The SMILES string of the molecule is CC(C)(C)c1cc2c(cc1Cl)C=C(C(=O)OCON)C(C(F)(F)F)O2.CNCCO.[NH3+]O. The topological polar surface area (TPSA) is 151 Å². The quantitative estimate of drug-likeness (QED) is 0.238. The van der Waals surface area contributed by atoms with Gasteiger partial charge in [-0.05, 0) is 36.2 Å².